The molecule has 0 spiro atoms. The molecule has 102 valence electrons. The summed E-state index contributed by atoms with van der Waals surface area (Å²) in [5.41, 5.74) is 0. The molecule has 0 aromatic carbocycles. The van der Waals surface area contributed by atoms with Gasteiger partial charge in [-0.05, 0) is 19.3 Å². The highest BCUT2D eigenvalue weighted by molar-refractivity contribution is 7.90. The van der Waals surface area contributed by atoms with Gasteiger partial charge in [0.15, 0.2) is 0 Å². The Morgan fingerprint density at radius 2 is 1.88 bits per heavy atom. The summed E-state index contributed by atoms with van der Waals surface area (Å²) in [5.74, 6) is -1.47. The van der Waals surface area contributed by atoms with Crippen LogP contribution in [-0.4, -0.2) is 44.5 Å². The zero-order valence-electron chi connectivity index (χ0n) is 10.6. The van der Waals surface area contributed by atoms with Gasteiger partial charge in [-0.2, -0.15) is 0 Å². The molecule has 7 heteroatoms. The van der Waals surface area contributed by atoms with Crippen molar-refractivity contribution < 1.29 is 23.1 Å². The van der Waals surface area contributed by atoms with Gasteiger partial charge in [0.25, 0.3) is 0 Å². The highest BCUT2D eigenvalue weighted by atomic mass is 32.2. The third-order valence-electron chi connectivity index (χ3n) is 2.48. The maximum absolute atomic E-state index is 11.8. The number of methoxy groups -OCH3 is 1. The molecule has 0 aromatic heterocycles. The molecule has 0 heterocycles. The molecule has 0 rings (SSSR count). The number of carbonyl (C=O) groups is 1. The first-order valence-corrected chi connectivity index (χ1v) is 7.00. The molecule has 0 saturated heterocycles. The van der Waals surface area contributed by atoms with Crippen molar-refractivity contribution in [3.63, 3.8) is 0 Å². The number of hydrogen-bond acceptors (Lipinski definition) is 4. The summed E-state index contributed by atoms with van der Waals surface area (Å²) in [6.45, 7) is 5.16. The molecule has 0 amide bonds. The van der Waals surface area contributed by atoms with Crippen molar-refractivity contribution in [1.29, 1.82) is 0 Å². The van der Waals surface area contributed by atoms with Crippen molar-refractivity contribution in [2.24, 2.45) is 5.92 Å². The summed E-state index contributed by atoms with van der Waals surface area (Å²) in [6.07, 6.45) is 0.330. The molecule has 0 fully saturated rings. The van der Waals surface area contributed by atoms with Crippen LogP contribution in [0.4, 0.5) is 0 Å². The fourth-order valence-electron chi connectivity index (χ4n) is 1.20. The Hall–Kier alpha value is -0.660. The first-order chi connectivity index (χ1) is 7.72. The van der Waals surface area contributed by atoms with E-state index in [-0.39, 0.29) is 5.92 Å². The average Bonchev–Trinajstić information content (AvgIpc) is 2.21. The number of aliphatic carboxylic acids is 1. The zero-order valence-corrected chi connectivity index (χ0v) is 11.5. The van der Waals surface area contributed by atoms with E-state index in [1.807, 2.05) is 0 Å². The molecule has 0 aliphatic carbocycles. The Bertz CT molecular complexity index is 339. The number of rotatable bonds is 8. The maximum Gasteiger partial charge on any atom is 0.321 e. The van der Waals surface area contributed by atoms with Gasteiger partial charge in [0.2, 0.25) is 10.0 Å². The second-order valence-electron chi connectivity index (χ2n) is 4.31. The lowest BCUT2D eigenvalue weighted by Crippen LogP contribution is -2.47. The summed E-state index contributed by atoms with van der Waals surface area (Å²) in [7, 11) is -2.15. The Kier molecular flexibility index (Phi) is 6.66. The number of ether oxygens (including phenoxy) is 1. The molecular formula is C10H21NO5S. The van der Waals surface area contributed by atoms with Crippen LogP contribution in [0.1, 0.15) is 27.2 Å². The van der Waals surface area contributed by atoms with E-state index in [1.54, 1.807) is 13.8 Å². The van der Waals surface area contributed by atoms with Crippen molar-refractivity contribution in [2.45, 2.75) is 38.5 Å². The largest absolute Gasteiger partial charge is 0.480 e. The number of sulfonamides is 1. The Morgan fingerprint density at radius 1 is 1.35 bits per heavy atom. The van der Waals surface area contributed by atoms with E-state index in [1.165, 1.54) is 14.0 Å². The van der Waals surface area contributed by atoms with Crippen molar-refractivity contribution in [1.82, 2.24) is 4.72 Å². The highest BCUT2D eigenvalue weighted by Gasteiger charge is 2.30. The average molecular weight is 267 g/mol. The second kappa shape index (κ2) is 6.93. The van der Waals surface area contributed by atoms with E-state index >= 15 is 0 Å². The summed E-state index contributed by atoms with van der Waals surface area (Å²) in [6, 6.07) is -1.09. The fraction of sp³-hybridized carbons (Fsp3) is 0.900. The van der Waals surface area contributed by atoms with Gasteiger partial charge in [0.05, 0.1) is 5.25 Å². The summed E-state index contributed by atoms with van der Waals surface area (Å²) in [5, 5.41) is 8.24. The SMILES string of the molecule is COCCC(C)S(=O)(=O)N[C@H](C(=O)O)C(C)C. The van der Waals surface area contributed by atoms with Crippen LogP contribution in [0.25, 0.3) is 0 Å². The first-order valence-electron chi connectivity index (χ1n) is 5.45. The Morgan fingerprint density at radius 3 is 2.24 bits per heavy atom. The van der Waals surface area contributed by atoms with Crippen LogP contribution in [0.5, 0.6) is 0 Å². The van der Waals surface area contributed by atoms with E-state index in [0.717, 1.165) is 0 Å². The van der Waals surface area contributed by atoms with E-state index in [2.05, 4.69) is 4.72 Å². The molecule has 0 bridgehead atoms. The van der Waals surface area contributed by atoms with Crippen LogP contribution < -0.4 is 4.72 Å². The van der Waals surface area contributed by atoms with Gasteiger partial charge in [0.1, 0.15) is 6.04 Å². The summed E-state index contributed by atoms with van der Waals surface area (Å²) < 4.78 is 30.7. The van der Waals surface area contributed by atoms with Gasteiger partial charge in [-0.25, -0.2) is 13.1 Å². The lowest BCUT2D eigenvalue weighted by Gasteiger charge is -2.20. The van der Waals surface area contributed by atoms with E-state index in [4.69, 9.17) is 9.84 Å². The van der Waals surface area contributed by atoms with Crippen LogP contribution in [0.15, 0.2) is 0 Å². The molecule has 2 N–H and O–H groups in total. The zero-order chi connectivity index (χ0) is 13.6. The second-order valence-corrected chi connectivity index (χ2v) is 6.45. The van der Waals surface area contributed by atoms with Gasteiger partial charge < -0.3 is 9.84 Å². The molecular weight excluding hydrogens is 246 g/mol. The first kappa shape index (κ1) is 16.3. The van der Waals surface area contributed by atoms with E-state index in [0.29, 0.717) is 13.0 Å². The predicted molar refractivity (Wildman–Crippen MR) is 64.3 cm³/mol. The van der Waals surface area contributed by atoms with Crippen molar-refractivity contribution in [3.8, 4) is 0 Å². The lowest BCUT2D eigenvalue weighted by atomic mass is 10.1. The van der Waals surface area contributed by atoms with Crippen LogP contribution >= 0.6 is 0 Å². The topological polar surface area (TPSA) is 92.7 Å². The molecule has 2 atom stereocenters. The number of hydrogen-bond donors (Lipinski definition) is 2. The van der Waals surface area contributed by atoms with Gasteiger partial charge in [-0.1, -0.05) is 13.8 Å². The minimum absolute atomic E-state index is 0.308. The lowest BCUT2D eigenvalue weighted by molar-refractivity contribution is -0.140. The normalized spacial score (nSPS) is 15.8. The molecule has 0 aromatic rings. The molecule has 0 aliphatic rings. The monoisotopic (exact) mass is 267 g/mol. The van der Waals surface area contributed by atoms with Crippen molar-refractivity contribution >= 4 is 16.0 Å². The molecule has 0 aliphatic heterocycles. The van der Waals surface area contributed by atoms with Crippen LogP contribution in [0.2, 0.25) is 0 Å². The van der Waals surface area contributed by atoms with Gasteiger partial charge in [-0.3, -0.25) is 4.79 Å². The van der Waals surface area contributed by atoms with Crippen LogP contribution in [-0.2, 0) is 19.6 Å². The minimum atomic E-state index is -3.63. The van der Waals surface area contributed by atoms with Gasteiger partial charge in [0, 0.05) is 13.7 Å². The minimum Gasteiger partial charge on any atom is -0.480 e. The predicted octanol–water partition coefficient (Wildman–Crippen LogP) is 0.440. The summed E-state index contributed by atoms with van der Waals surface area (Å²) in [4.78, 5) is 10.9. The number of carboxylic acid groups (broad SMARTS) is 1. The third kappa shape index (κ3) is 5.47. The molecule has 17 heavy (non-hydrogen) atoms. The molecule has 6 nitrogen and oxygen atoms in total. The third-order valence-corrected chi connectivity index (χ3v) is 4.36. The smallest absolute Gasteiger partial charge is 0.321 e. The number of nitrogens with one attached hydrogen (secondary N) is 1. The Balaban J connectivity index is 4.66. The van der Waals surface area contributed by atoms with E-state index < -0.39 is 27.3 Å². The maximum atomic E-state index is 11.8. The molecule has 0 radical (unpaired) electrons. The fourth-order valence-corrected chi connectivity index (χ4v) is 2.57. The Labute approximate surface area is 102 Å². The number of carboxylic acids is 1. The molecule has 1 unspecified atom stereocenters. The van der Waals surface area contributed by atoms with Crippen molar-refractivity contribution in [2.75, 3.05) is 13.7 Å². The van der Waals surface area contributed by atoms with E-state index in [9.17, 15) is 13.2 Å². The molecule has 0 saturated carbocycles. The van der Waals surface area contributed by atoms with Crippen molar-refractivity contribution in [3.05, 3.63) is 0 Å². The van der Waals surface area contributed by atoms with Crippen LogP contribution in [0.3, 0.4) is 0 Å². The quantitative estimate of drug-likeness (QED) is 0.665. The summed E-state index contributed by atoms with van der Waals surface area (Å²) >= 11 is 0. The van der Waals surface area contributed by atoms with Gasteiger partial charge >= 0.3 is 5.97 Å². The standard InChI is InChI=1S/C10H21NO5S/c1-7(2)9(10(12)13)11-17(14,15)8(3)5-6-16-4/h7-9,11H,5-6H2,1-4H3,(H,12,13)/t8?,9-/m0/s1. The van der Waals surface area contributed by atoms with Crippen LogP contribution in [0, 0.1) is 5.92 Å². The van der Waals surface area contributed by atoms with Gasteiger partial charge in [-0.15, -0.1) is 0 Å². The highest BCUT2D eigenvalue weighted by Crippen LogP contribution is 2.09.